The summed E-state index contributed by atoms with van der Waals surface area (Å²) < 4.78 is 0. The predicted molar refractivity (Wildman–Crippen MR) is 108 cm³/mol. The zero-order valence-corrected chi connectivity index (χ0v) is 15.9. The van der Waals surface area contributed by atoms with Gasteiger partial charge in [-0.15, -0.1) is 0 Å². The van der Waals surface area contributed by atoms with Crippen LogP contribution >= 0.6 is 0 Å². The molecule has 1 heterocycles. The van der Waals surface area contributed by atoms with Crippen molar-refractivity contribution in [2.45, 2.75) is 33.7 Å². The van der Waals surface area contributed by atoms with E-state index in [-0.39, 0.29) is 5.91 Å². The second kappa shape index (κ2) is 8.45. The van der Waals surface area contributed by atoms with Gasteiger partial charge in [-0.1, -0.05) is 55.0 Å². The average molecular weight is 360 g/mol. The van der Waals surface area contributed by atoms with E-state index in [9.17, 15) is 4.79 Å². The number of amides is 1. The van der Waals surface area contributed by atoms with E-state index >= 15 is 0 Å². The number of rotatable bonds is 6. The molecule has 0 atom stereocenters. The molecule has 1 amide bonds. The van der Waals surface area contributed by atoms with Gasteiger partial charge >= 0.3 is 0 Å². The number of nitrogens with one attached hydrogen (secondary N) is 2. The Balaban J connectivity index is 1.73. The number of benzene rings is 2. The van der Waals surface area contributed by atoms with E-state index in [1.165, 1.54) is 11.1 Å². The minimum Gasteiger partial charge on any atom is -0.347 e. The van der Waals surface area contributed by atoms with Crippen LogP contribution in [0.15, 0.2) is 54.7 Å². The third-order valence-electron chi connectivity index (χ3n) is 4.40. The third kappa shape index (κ3) is 4.70. The highest BCUT2D eigenvalue weighted by atomic mass is 16.1. The summed E-state index contributed by atoms with van der Waals surface area (Å²) in [6.45, 7) is 6.64. The molecule has 0 saturated carbocycles. The SMILES string of the molecule is CCc1cccc(C)c1Nc1nccc(C(=O)NCc2cccc(C)c2)n1. The standard InChI is InChI=1S/C22H24N4O/c1-4-18-10-6-8-16(3)20(18)26-22-23-12-11-19(25-22)21(27)24-14-17-9-5-7-15(2)13-17/h5-13H,4,14H2,1-3H3,(H,24,27)(H,23,25,26). The summed E-state index contributed by atoms with van der Waals surface area (Å²) in [5.41, 5.74) is 5.87. The minimum atomic E-state index is -0.220. The number of para-hydroxylation sites is 1. The van der Waals surface area contributed by atoms with E-state index in [1.54, 1.807) is 12.3 Å². The predicted octanol–water partition coefficient (Wildman–Crippen LogP) is 4.33. The summed E-state index contributed by atoms with van der Waals surface area (Å²) in [7, 11) is 0. The second-order valence-corrected chi connectivity index (χ2v) is 6.52. The molecule has 5 nitrogen and oxygen atoms in total. The highest BCUT2D eigenvalue weighted by molar-refractivity contribution is 5.92. The quantitative estimate of drug-likeness (QED) is 0.687. The number of aryl methyl sites for hydroxylation is 3. The largest absolute Gasteiger partial charge is 0.347 e. The van der Waals surface area contributed by atoms with Crippen LogP contribution in [0.5, 0.6) is 0 Å². The molecule has 0 aliphatic heterocycles. The maximum Gasteiger partial charge on any atom is 0.270 e. The highest BCUT2D eigenvalue weighted by Gasteiger charge is 2.11. The smallest absolute Gasteiger partial charge is 0.270 e. The molecule has 0 spiro atoms. The van der Waals surface area contributed by atoms with E-state index in [4.69, 9.17) is 0 Å². The van der Waals surface area contributed by atoms with Gasteiger partial charge in [-0.05, 0) is 43.0 Å². The summed E-state index contributed by atoms with van der Waals surface area (Å²) in [5.74, 6) is 0.199. The van der Waals surface area contributed by atoms with E-state index in [0.717, 1.165) is 23.2 Å². The maximum atomic E-state index is 12.5. The monoisotopic (exact) mass is 360 g/mol. The number of nitrogens with zero attached hydrogens (tertiary/aromatic N) is 2. The summed E-state index contributed by atoms with van der Waals surface area (Å²) in [6.07, 6.45) is 2.50. The lowest BCUT2D eigenvalue weighted by Gasteiger charge is -2.13. The van der Waals surface area contributed by atoms with Gasteiger partial charge in [0.15, 0.2) is 0 Å². The third-order valence-corrected chi connectivity index (χ3v) is 4.40. The van der Waals surface area contributed by atoms with Gasteiger partial charge in [-0.3, -0.25) is 4.79 Å². The van der Waals surface area contributed by atoms with Gasteiger partial charge in [0.05, 0.1) is 0 Å². The Morgan fingerprint density at radius 3 is 2.67 bits per heavy atom. The molecule has 27 heavy (non-hydrogen) atoms. The Kier molecular flexibility index (Phi) is 5.81. The normalized spacial score (nSPS) is 10.5. The molecule has 0 radical (unpaired) electrons. The van der Waals surface area contributed by atoms with Crippen LogP contribution in [-0.4, -0.2) is 15.9 Å². The van der Waals surface area contributed by atoms with Crippen molar-refractivity contribution in [2.75, 3.05) is 5.32 Å². The topological polar surface area (TPSA) is 66.9 Å². The fourth-order valence-electron chi connectivity index (χ4n) is 2.95. The van der Waals surface area contributed by atoms with Gasteiger partial charge in [0, 0.05) is 18.4 Å². The van der Waals surface area contributed by atoms with Crippen LogP contribution in [0.1, 0.15) is 39.7 Å². The molecule has 1 aromatic heterocycles. The van der Waals surface area contributed by atoms with Crippen molar-refractivity contribution < 1.29 is 4.79 Å². The van der Waals surface area contributed by atoms with E-state index < -0.39 is 0 Å². The molecular weight excluding hydrogens is 336 g/mol. The Labute approximate surface area is 159 Å². The highest BCUT2D eigenvalue weighted by Crippen LogP contribution is 2.23. The lowest BCUT2D eigenvalue weighted by molar-refractivity contribution is 0.0946. The molecular formula is C22H24N4O. The van der Waals surface area contributed by atoms with Crippen molar-refractivity contribution in [3.05, 3.63) is 82.7 Å². The average Bonchev–Trinajstić information content (AvgIpc) is 2.68. The van der Waals surface area contributed by atoms with Crippen molar-refractivity contribution >= 4 is 17.5 Å². The van der Waals surface area contributed by atoms with E-state index in [2.05, 4.69) is 39.7 Å². The molecule has 2 N–H and O–H groups in total. The van der Waals surface area contributed by atoms with E-state index in [1.807, 2.05) is 44.2 Å². The van der Waals surface area contributed by atoms with Crippen molar-refractivity contribution in [1.82, 2.24) is 15.3 Å². The fraction of sp³-hybridized carbons (Fsp3) is 0.227. The summed E-state index contributed by atoms with van der Waals surface area (Å²) in [4.78, 5) is 21.1. The lowest BCUT2D eigenvalue weighted by atomic mass is 10.1. The van der Waals surface area contributed by atoms with Crippen molar-refractivity contribution in [3.63, 3.8) is 0 Å². The first-order chi connectivity index (χ1) is 13.1. The minimum absolute atomic E-state index is 0.220. The molecule has 5 heteroatoms. The molecule has 0 saturated heterocycles. The van der Waals surface area contributed by atoms with Crippen LogP contribution in [-0.2, 0) is 13.0 Å². The maximum absolute atomic E-state index is 12.5. The molecule has 0 bridgehead atoms. The van der Waals surface area contributed by atoms with Crippen LogP contribution in [0.25, 0.3) is 0 Å². The Hall–Kier alpha value is -3.21. The van der Waals surface area contributed by atoms with Gasteiger partial charge in [-0.25, -0.2) is 9.97 Å². The van der Waals surface area contributed by atoms with Gasteiger partial charge in [-0.2, -0.15) is 0 Å². The summed E-state index contributed by atoms with van der Waals surface area (Å²) in [6, 6.07) is 15.8. The van der Waals surface area contributed by atoms with Crippen molar-refractivity contribution in [1.29, 1.82) is 0 Å². The number of aromatic nitrogens is 2. The number of anilines is 2. The van der Waals surface area contributed by atoms with Crippen LogP contribution in [0.4, 0.5) is 11.6 Å². The van der Waals surface area contributed by atoms with Gasteiger partial charge < -0.3 is 10.6 Å². The zero-order valence-electron chi connectivity index (χ0n) is 15.9. The molecule has 3 rings (SSSR count). The molecule has 0 aliphatic rings. The molecule has 3 aromatic rings. The number of hydrogen-bond acceptors (Lipinski definition) is 4. The zero-order chi connectivity index (χ0) is 19.2. The number of carbonyl (C=O) groups excluding carboxylic acids is 1. The lowest BCUT2D eigenvalue weighted by Crippen LogP contribution is -2.24. The van der Waals surface area contributed by atoms with Crippen LogP contribution in [0, 0.1) is 13.8 Å². The van der Waals surface area contributed by atoms with Crippen LogP contribution < -0.4 is 10.6 Å². The number of carbonyl (C=O) groups is 1. The fourth-order valence-corrected chi connectivity index (χ4v) is 2.95. The second-order valence-electron chi connectivity index (χ2n) is 6.52. The molecule has 0 fully saturated rings. The summed E-state index contributed by atoms with van der Waals surface area (Å²) >= 11 is 0. The molecule has 138 valence electrons. The van der Waals surface area contributed by atoms with Crippen molar-refractivity contribution in [2.24, 2.45) is 0 Å². The van der Waals surface area contributed by atoms with E-state index in [0.29, 0.717) is 18.2 Å². The van der Waals surface area contributed by atoms with Gasteiger partial charge in [0.1, 0.15) is 5.69 Å². The summed E-state index contributed by atoms with van der Waals surface area (Å²) in [5, 5.41) is 6.18. The Morgan fingerprint density at radius 2 is 1.89 bits per heavy atom. The van der Waals surface area contributed by atoms with Crippen molar-refractivity contribution in [3.8, 4) is 0 Å². The van der Waals surface area contributed by atoms with Gasteiger partial charge in [0.25, 0.3) is 5.91 Å². The van der Waals surface area contributed by atoms with Crippen LogP contribution in [0.3, 0.4) is 0 Å². The Morgan fingerprint density at radius 1 is 1.07 bits per heavy atom. The first kappa shape index (κ1) is 18.6. The van der Waals surface area contributed by atoms with Gasteiger partial charge in [0.2, 0.25) is 5.95 Å². The van der Waals surface area contributed by atoms with Crippen LogP contribution in [0.2, 0.25) is 0 Å². The first-order valence-electron chi connectivity index (χ1n) is 9.09. The molecule has 2 aromatic carbocycles. The molecule has 0 unspecified atom stereocenters. The number of hydrogen-bond donors (Lipinski definition) is 2. The Bertz CT molecular complexity index is 953. The molecule has 0 aliphatic carbocycles. The first-order valence-corrected chi connectivity index (χ1v) is 9.09.